The van der Waals surface area contributed by atoms with E-state index in [0.29, 0.717) is 49.6 Å². The summed E-state index contributed by atoms with van der Waals surface area (Å²) in [5, 5.41) is 9.63. The van der Waals surface area contributed by atoms with Crippen LogP contribution in [0.3, 0.4) is 0 Å². The van der Waals surface area contributed by atoms with Gasteiger partial charge in [-0.1, -0.05) is 43.0 Å². The Morgan fingerprint density at radius 1 is 1.00 bits per heavy atom. The molecule has 2 fully saturated rings. The van der Waals surface area contributed by atoms with Gasteiger partial charge in [-0.3, -0.25) is 4.79 Å². The number of carboxylic acids is 1. The van der Waals surface area contributed by atoms with Crippen molar-refractivity contribution in [2.75, 3.05) is 31.1 Å². The van der Waals surface area contributed by atoms with Crippen molar-refractivity contribution in [2.24, 2.45) is 11.8 Å². The minimum Gasteiger partial charge on any atom is -0.480 e. The summed E-state index contributed by atoms with van der Waals surface area (Å²) in [5.74, 6) is -0.108. The van der Waals surface area contributed by atoms with Crippen LogP contribution in [0.1, 0.15) is 50.5 Å². The fourth-order valence-corrected chi connectivity index (χ4v) is 12.1. The molecule has 0 aliphatic carbocycles. The lowest BCUT2D eigenvalue weighted by molar-refractivity contribution is -0.138. The van der Waals surface area contributed by atoms with E-state index in [4.69, 9.17) is 11.6 Å². The number of halogens is 4. The second kappa shape index (κ2) is 16.1. The van der Waals surface area contributed by atoms with Crippen molar-refractivity contribution in [3.63, 3.8) is 0 Å². The second-order valence-corrected chi connectivity index (χ2v) is 19.5. The zero-order chi connectivity index (χ0) is 34.6. The molecule has 2 aliphatic heterocycles. The Balaban J connectivity index is 1.07. The highest BCUT2D eigenvalue weighted by molar-refractivity contribution is 9.11. The van der Waals surface area contributed by atoms with Crippen molar-refractivity contribution in [1.82, 2.24) is 14.0 Å². The number of aliphatic carboxylic acids is 1. The lowest BCUT2D eigenvalue weighted by Crippen LogP contribution is -2.42. The van der Waals surface area contributed by atoms with E-state index in [-0.39, 0.29) is 15.5 Å². The number of carbonyl (C=O) groups is 1. The number of hydrogen-bond donors (Lipinski definition) is 2. The number of piperidine rings is 2. The van der Waals surface area contributed by atoms with Crippen LogP contribution in [0.15, 0.2) is 60.6 Å². The molecular weight excluding hydrogens is 835 g/mol. The zero-order valence-corrected chi connectivity index (χ0v) is 32.2. The molecule has 48 heavy (non-hydrogen) atoms. The van der Waals surface area contributed by atoms with Gasteiger partial charge in [0.15, 0.2) is 0 Å². The number of benzene rings is 1. The van der Waals surface area contributed by atoms with Crippen molar-refractivity contribution in [2.45, 2.75) is 66.5 Å². The van der Waals surface area contributed by atoms with Crippen LogP contribution in [0.25, 0.3) is 0 Å². The molecule has 5 rings (SSSR count). The van der Waals surface area contributed by atoms with Crippen LogP contribution in [0.4, 0.5) is 10.2 Å². The first-order valence-corrected chi connectivity index (χ1v) is 21.3. The molecular formula is C31H36Br2ClFN4O6S3. The van der Waals surface area contributed by atoms with Gasteiger partial charge in [-0.25, -0.2) is 26.2 Å². The molecule has 10 nitrogen and oxygen atoms in total. The van der Waals surface area contributed by atoms with Crippen LogP contribution >= 0.6 is 54.8 Å². The molecule has 3 aromatic rings. The van der Waals surface area contributed by atoms with E-state index in [1.807, 2.05) is 0 Å². The number of nitrogens with one attached hydrogen (secondary N) is 1. The first kappa shape index (κ1) is 37.6. The molecule has 17 heteroatoms. The van der Waals surface area contributed by atoms with Crippen LogP contribution < -0.4 is 9.62 Å². The van der Waals surface area contributed by atoms with E-state index >= 15 is 0 Å². The minimum absolute atomic E-state index is 0.148. The maximum absolute atomic E-state index is 13.2. The number of anilines is 1. The molecule has 4 heterocycles. The first-order chi connectivity index (χ1) is 22.7. The predicted octanol–water partition coefficient (Wildman–Crippen LogP) is 6.92. The third-order valence-corrected chi connectivity index (χ3v) is 15.8. The average Bonchev–Trinajstić information content (AvgIpc) is 3.40. The fourth-order valence-electron chi connectivity index (χ4n) is 6.23. The highest BCUT2D eigenvalue weighted by Gasteiger charge is 2.32. The Kier molecular flexibility index (Phi) is 12.6. The van der Waals surface area contributed by atoms with Crippen LogP contribution in [-0.4, -0.2) is 69.4 Å². The number of rotatable bonds is 13. The summed E-state index contributed by atoms with van der Waals surface area (Å²) in [5.41, 5.74) is 0.480. The fraction of sp³-hybridized carbons (Fsp3) is 0.484. The summed E-state index contributed by atoms with van der Waals surface area (Å²) in [6.45, 7) is 2.59. The van der Waals surface area contributed by atoms with E-state index in [2.05, 4.69) is 46.5 Å². The van der Waals surface area contributed by atoms with Gasteiger partial charge in [-0.2, -0.15) is 9.03 Å². The summed E-state index contributed by atoms with van der Waals surface area (Å²) in [6, 6.07) is 6.78. The number of pyridine rings is 1. The smallest absolute Gasteiger partial charge is 0.322 e. The maximum atomic E-state index is 13.2. The van der Waals surface area contributed by atoms with Crippen molar-refractivity contribution >= 4 is 86.6 Å². The molecule has 0 spiro atoms. The summed E-state index contributed by atoms with van der Waals surface area (Å²) in [7, 11) is -7.74. The van der Waals surface area contributed by atoms with Crippen molar-refractivity contribution < 1.29 is 31.1 Å². The number of aromatic nitrogens is 1. The van der Waals surface area contributed by atoms with E-state index in [1.54, 1.807) is 10.4 Å². The molecule has 0 bridgehead atoms. The molecule has 0 amide bonds. The predicted molar refractivity (Wildman–Crippen MR) is 191 cm³/mol. The van der Waals surface area contributed by atoms with Gasteiger partial charge in [-0.15, -0.1) is 11.3 Å². The molecule has 0 radical (unpaired) electrons. The Bertz CT molecular complexity index is 1800. The lowest BCUT2D eigenvalue weighted by Gasteiger charge is -2.34. The molecule has 0 saturated carbocycles. The van der Waals surface area contributed by atoms with Gasteiger partial charge in [0.2, 0.25) is 10.0 Å². The van der Waals surface area contributed by atoms with Gasteiger partial charge in [0, 0.05) is 36.8 Å². The number of thiophene rings is 1. The Labute approximate surface area is 306 Å². The normalized spacial score (nSPS) is 17.9. The van der Waals surface area contributed by atoms with Gasteiger partial charge < -0.3 is 10.0 Å². The minimum atomic E-state index is -4.21. The van der Waals surface area contributed by atoms with Gasteiger partial charge in [0.25, 0.3) is 10.0 Å². The van der Waals surface area contributed by atoms with E-state index in [9.17, 15) is 31.1 Å². The number of carboxylic acid groups (broad SMARTS) is 1. The Hall–Kier alpha value is -1.66. The molecule has 2 aliphatic rings. The topological polar surface area (TPSA) is 137 Å². The molecule has 262 valence electrons. The van der Waals surface area contributed by atoms with E-state index in [1.165, 1.54) is 36.5 Å². The van der Waals surface area contributed by atoms with Gasteiger partial charge >= 0.3 is 5.97 Å². The molecule has 1 atom stereocenters. The lowest BCUT2D eigenvalue weighted by atomic mass is 9.87. The third kappa shape index (κ3) is 9.36. The summed E-state index contributed by atoms with van der Waals surface area (Å²) in [4.78, 5) is 18.2. The Morgan fingerprint density at radius 2 is 1.60 bits per heavy atom. The third-order valence-electron chi connectivity index (χ3n) is 8.98. The van der Waals surface area contributed by atoms with Crippen molar-refractivity contribution in [1.29, 1.82) is 0 Å². The number of hydrogen-bond acceptors (Lipinski definition) is 8. The molecule has 1 unspecified atom stereocenters. The molecule has 2 N–H and O–H groups in total. The van der Waals surface area contributed by atoms with Crippen LogP contribution in [0.2, 0.25) is 4.34 Å². The highest BCUT2D eigenvalue weighted by atomic mass is 79.9. The van der Waals surface area contributed by atoms with Crippen molar-refractivity contribution in [3.8, 4) is 0 Å². The van der Waals surface area contributed by atoms with E-state index in [0.717, 1.165) is 69.4 Å². The number of nitrogens with zero attached hydrogens (tertiary/aromatic N) is 3. The average molecular weight is 871 g/mol. The molecule has 2 saturated heterocycles. The van der Waals surface area contributed by atoms with Crippen LogP contribution in [0.5, 0.6) is 0 Å². The van der Waals surface area contributed by atoms with Gasteiger partial charge in [-0.05, 0) is 106 Å². The molecule has 2 aromatic heterocycles. The van der Waals surface area contributed by atoms with Crippen LogP contribution in [-0.2, 0) is 31.3 Å². The summed E-state index contributed by atoms with van der Waals surface area (Å²) < 4.78 is 71.0. The summed E-state index contributed by atoms with van der Waals surface area (Å²) >= 11 is 13.9. The SMILES string of the molecule is O=C(O)C(Cc1ccc(F)cc1)NS(=O)(=O)c1cnc(N2CCC(CCCC3CCN(S(=O)(=O)c4cc(Br)c(Cl)s4)CC3)CC2)c(Br)c1. The largest absolute Gasteiger partial charge is 0.480 e. The van der Waals surface area contributed by atoms with Gasteiger partial charge in [0.05, 0.1) is 4.47 Å². The quantitative estimate of drug-likeness (QED) is 0.189. The Morgan fingerprint density at radius 3 is 2.15 bits per heavy atom. The molecule has 1 aromatic carbocycles. The maximum Gasteiger partial charge on any atom is 0.322 e. The van der Waals surface area contributed by atoms with E-state index < -0.39 is 37.9 Å². The van der Waals surface area contributed by atoms with Gasteiger partial charge in [0.1, 0.15) is 31.1 Å². The summed E-state index contributed by atoms with van der Waals surface area (Å²) in [6.07, 6.45) is 8.02. The standard InChI is InChI=1S/C31H36Br2ClFN4O6S3/c32-25-18-28(46-29(25)34)48(44,45)39-14-10-21(11-15-39)3-1-2-20-8-12-38(13-9-20)30-26(33)17-24(19-36-30)47(42,43)37-27(31(40)41)16-22-4-6-23(35)7-5-22/h4-7,17-21,27,37H,1-3,8-16H2,(H,40,41). The monoisotopic (exact) mass is 868 g/mol. The van der Waals surface area contributed by atoms with Crippen molar-refractivity contribution in [3.05, 3.63) is 67.3 Å². The van der Waals surface area contributed by atoms with Crippen LogP contribution in [0, 0.1) is 17.7 Å². The zero-order valence-electron chi connectivity index (χ0n) is 25.8. The second-order valence-electron chi connectivity index (χ2n) is 12.2. The number of sulfonamides is 2. The highest BCUT2D eigenvalue weighted by Crippen LogP contribution is 2.37. The first-order valence-electron chi connectivity index (χ1n) is 15.6.